The van der Waals surface area contributed by atoms with Gasteiger partial charge in [0.25, 0.3) is 0 Å². The van der Waals surface area contributed by atoms with Crippen LogP contribution in [0.1, 0.15) is 38.8 Å². The molecule has 0 radical (unpaired) electrons. The summed E-state index contributed by atoms with van der Waals surface area (Å²) in [6.45, 7) is 6.80. The number of hydrogen-bond donors (Lipinski definition) is 2. The fourth-order valence-electron chi connectivity index (χ4n) is 1.30. The molecule has 0 bridgehead atoms. The van der Waals surface area contributed by atoms with Crippen molar-refractivity contribution in [2.45, 2.75) is 46.2 Å². The van der Waals surface area contributed by atoms with Crippen LogP contribution in [0.15, 0.2) is 10.6 Å². The molecule has 0 aliphatic carbocycles. The first kappa shape index (κ1) is 13.7. The highest BCUT2D eigenvalue weighted by atomic mass is 16.4. The second kappa shape index (κ2) is 7.06. The Hall–Kier alpha value is -1.36. The number of aryl methyl sites for hydroxylation is 1. The van der Waals surface area contributed by atoms with Gasteiger partial charge in [0.2, 0.25) is 11.8 Å². The van der Waals surface area contributed by atoms with Crippen LogP contribution < -0.4 is 10.6 Å². The number of carbonyl (C=O) groups excluding carboxylic acids is 1. The van der Waals surface area contributed by atoms with Crippen LogP contribution in [0.5, 0.6) is 0 Å². The number of nitrogens with zero attached hydrogens (tertiary/aromatic N) is 1. The first-order chi connectivity index (χ1) is 8.15. The van der Waals surface area contributed by atoms with Crippen molar-refractivity contribution in [3.05, 3.63) is 17.8 Å². The van der Waals surface area contributed by atoms with Crippen LogP contribution in [-0.4, -0.2) is 23.5 Å². The largest absolute Gasteiger partial charge is 0.444 e. The first-order valence-electron chi connectivity index (χ1n) is 6.09. The Bertz CT molecular complexity index is 349. The lowest BCUT2D eigenvalue weighted by Crippen LogP contribution is -2.38. The highest BCUT2D eigenvalue weighted by Gasteiger charge is 2.06. The second-order valence-corrected chi connectivity index (χ2v) is 4.05. The van der Waals surface area contributed by atoms with Crippen molar-refractivity contribution < 1.29 is 9.21 Å². The Morgan fingerprint density at radius 1 is 1.53 bits per heavy atom. The standard InChI is InChI=1S/C12H21N3O2/c1-4-9(3)15-11(16)7-13-8-12-14-6-10(5-2)17-12/h6,9,13H,4-5,7-8H2,1-3H3,(H,15,16). The lowest BCUT2D eigenvalue weighted by atomic mass is 10.2. The molecular formula is C12H21N3O2. The quantitative estimate of drug-likeness (QED) is 0.751. The molecule has 1 atom stereocenters. The summed E-state index contributed by atoms with van der Waals surface area (Å²) in [5.41, 5.74) is 0. The lowest BCUT2D eigenvalue weighted by Gasteiger charge is -2.11. The van der Waals surface area contributed by atoms with Gasteiger partial charge in [0.1, 0.15) is 5.76 Å². The van der Waals surface area contributed by atoms with Gasteiger partial charge >= 0.3 is 0 Å². The molecule has 0 aromatic carbocycles. The van der Waals surface area contributed by atoms with Gasteiger partial charge < -0.3 is 9.73 Å². The van der Waals surface area contributed by atoms with E-state index in [-0.39, 0.29) is 18.5 Å². The molecule has 1 rings (SSSR count). The number of carbonyl (C=O) groups is 1. The molecule has 0 saturated heterocycles. The normalized spacial score (nSPS) is 12.4. The van der Waals surface area contributed by atoms with E-state index in [1.165, 1.54) is 0 Å². The third-order valence-electron chi connectivity index (χ3n) is 2.53. The van der Waals surface area contributed by atoms with E-state index in [0.29, 0.717) is 12.4 Å². The van der Waals surface area contributed by atoms with Crippen molar-refractivity contribution >= 4 is 5.91 Å². The molecule has 5 heteroatoms. The minimum Gasteiger partial charge on any atom is -0.444 e. The summed E-state index contributed by atoms with van der Waals surface area (Å²) in [7, 11) is 0. The molecule has 5 nitrogen and oxygen atoms in total. The van der Waals surface area contributed by atoms with Crippen molar-refractivity contribution in [2.75, 3.05) is 6.54 Å². The molecule has 1 aromatic heterocycles. The molecule has 1 aromatic rings. The van der Waals surface area contributed by atoms with Crippen LogP contribution in [0, 0.1) is 0 Å². The molecular weight excluding hydrogens is 218 g/mol. The van der Waals surface area contributed by atoms with Crippen LogP contribution in [0.3, 0.4) is 0 Å². The van der Waals surface area contributed by atoms with E-state index >= 15 is 0 Å². The number of rotatable bonds is 7. The Morgan fingerprint density at radius 2 is 2.29 bits per heavy atom. The number of aromatic nitrogens is 1. The zero-order valence-electron chi connectivity index (χ0n) is 10.7. The molecule has 0 aliphatic heterocycles. The van der Waals surface area contributed by atoms with Gasteiger partial charge in [0, 0.05) is 12.5 Å². The minimum absolute atomic E-state index is 0.00150. The molecule has 1 heterocycles. The van der Waals surface area contributed by atoms with Crippen molar-refractivity contribution in [1.82, 2.24) is 15.6 Å². The lowest BCUT2D eigenvalue weighted by molar-refractivity contribution is -0.120. The molecule has 96 valence electrons. The van der Waals surface area contributed by atoms with Crippen LogP contribution in [0.2, 0.25) is 0 Å². The number of hydrogen-bond acceptors (Lipinski definition) is 4. The summed E-state index contributed by atoms with van der Waals surface area (Å²) in [6, 6.07) is 0.220. The van der Waals surface area contributed by atoms with Crippen LogP contribution in [-0.2, 0) is 17.8 Å². The van der Waals surface area contributed by atoms with Gasteiger partial charge in [-0.25, -0.2) is 4.98 Å². The predicted molar refractivity (Wildman–Crippen MR) is 65.5 cm³/mol. The summed E-state index contributed by atoms with van der Waals surface area (Å²) in [4.78, 5) is 15.5. The van der Waals surface area contributed by atoms with E-state index in [9.17, 15) is 4.79 Å². The maximum atomic E-state index is 11.4. The van der Waals surface area contributed by atoms with E-state index in [4.69, 9.17) is 4.42 Å². The first-order valence-corrected chi connectivity index (χ1v) is 6.09. The predicted octanol–water partition coefficient (Wildman–Crippen LogP) is 1.24. The van der Waals surface area contributed by atoms with E-state index in [1.54, 1.807) is 6.20 Å². The van der Waals surface area contributed by atoms with Crippen molar-refractivity contribution in [3.63, 3.8) is 0 Å². The number of oxazole rings is 1. The Kier molecular flexibility index (Phi) is 5.69. The van der Waals surface area contributed by atoms with Crippen molar-refractivity contribution in [2.24, 2.45) is 0 Å². The molecule has 1 unspecified atom stereocenters. The summed E-state index contributed by atoms with van der Waals surface area (Å²) >= 11 is 0. The zero-order chi connectivity index (χ0) is 12.7. The molecule has 0 fully saturated rings. The maximum Gasteiger partial charge on any atom is 0.234 e. The minimum atomic E-state index is 0.00150. The number of amides is 1. The van der Waals surface area contributed by atoms with Gasteiger partial charge in [0.05, 0.1) is 19.3 Å². The average molecular weight is 239 g/mol. The Balaban J connectivity index is 2.21. The summed E-state index contributed by atoms with van der Waals surface area (Å²) < 4.78 is 5.41. The highest BCUT2D eigenvalue weighted by molar-refractivity contribution is 5.78. The third-order valence-corrected chi connectivity index (χ3v) is 2.53. The second-order valence-electron chi connectivity index (χ2n) is 4.05. The third kappa shape index (κ3) is 4.99. The molecule has 0 spiro atoms. The topological polar surface area (TPSA) is 67.2 Å². The van der Waals surface area contributed by atoms with Gasteiger partial charge in [-0.3, -0.25) is 10.1 Å². The van der Waals surface area contributed by atoms with Gasteiger partial charge in [-0.05, 0) is 13.3 Å². The van der Waals surface area contributed by atoms with Gasteiger partial charge in [-0.2, -0.15) is 0 Å². The van der Waals surface area contributed by atoms with E-state index in [2.05, 4.69) is 15.6 Å². The number of nitrogens with one attached hydrogen (secondary N) is 2. The fourth-order valence-corrected chi connectivity index (χ4v) is 1.30. The highest BCUT2D eigenvalue weighted by Crippen LogP contribution is 2.03. The maximum absolute atomic E-state index is 11.4. The van der Waals surface area contributed by atoms with E-state index in [0.717, 1.165) is 18.6 Å². The van der Waals surface area contributed by atoms with Crippen LogP contribution in [0.4, 0.5) is 0 Å². The SMILES string of the molecule is CCc1cnc(CNCC(=O)NC(C)CC)o1. The molecule has 1 amide bonds. The van der Waals surface area contributed by atoms with Gasteiger partial charge in [0.15, 0.2) is 0 Å². The van der Waals surface area contributed by atoms with Crippen molar-refractivity contribution in [1.29, 1.82) is 0 Å². The molecule has 2 N–H and O–H groups in total. The smallest absolute Gasteiger partial charge is 0.234 e. The average Bonchev–Trinajstić information content (AvgIpc) is 2.76. The van der Waals surface area contributed by atoms with E-state index in [1.807, 2.05) is 20.8 Å². The summed E-state index contributed by atoms with van der Waals surface area (Å²) in [6.07, 6.45) is 3.49. The molecule has 0 saturated carbocycles. The van der Waals surface area contributed by atoms with Crippen LogP contribution in [0.25, 0.3) is 0 Å². The van der Waals surface area contributed by atoms with Gasteiger partial charge in [-0.1, -0.05) is 13.8 Å². The Morgan fingerprint density at radius 3 is 2.88 bits per heavy atom. The molecule has 17 heavy (non-hydrogen) atoms. The van der Waals surface area contributed by atoms with Crippen LogP contribution >= 0.6 is 0 Å². The van der Waals surface area contributed by atoms with Crippen molar-refractivity contribution in [3.8, 4) is 0 Å². The zero-order valence-corrected chi connectivity index (χ0v) is 10.7. The summed E-state index contributed by atoms with van der Waals surface area (Å²) in [5, 5.41) is 5.88. The fraction of sp³-hybridized carbons (Fsp3) is 0.667. The van der Waals surface area contributed by atoms with E-state index < -0.39 is 0 Å². The molecule has 0 aliphatic rings. The van der Waals surface area contributed by atoms with Gasteiger partial charge in [-0.15, -0.1) is 0 Å². The monoisotopic (exact) mass is 239 g/mol. The summed E-state index contributed by atoms with van der Waals surface area (Å²) in [5.74, 6) is 1.49. The Labute approximate surface area is 102 Å².